The highest BCUT2D eigenvalue weighted by Gasteiger charge is 2.13. The number of hydrogen-bond donors (Lipinski definition) is 2. The van der Waals surface area contributed by atoms with Crippen molar-refractivity contribution in [1.82, 2.24) is 25.1 Å². The number of carbonyl (C=O) groups excluding carboxylic acids is 2. The van der Waals surface area contributed by atoms with E-state index in [9.17, 15) is 9.59 Å². The summed E-state index contributed by atoms with van der Waals surface area (Å²) in [5.41, 5.74) is 4.13. The Morgan fingerprint density at radius 3 is 2.72 bits per heavy atom. The molecule has 3 rings (SSSR count). The molecule has 0 saturated carbocycles. The lowest BCUT2D eigenvalue weighted by Gasteiger charge is -2.29. The number of aryl methyl sites for hydroxylation is 1. The van der Waals surface area contributed by atoms with E-state index in [4.69, 9.17) is 4.98 Å². The van der Waals surface area contributed by atoms with Crippen molar-refractivity contribution in [3.63, 3.8) is 0 Å². The van der Waals surface area contributed by atoms with Gasteiger partial charge in [-0.2, -0.15) is 0 Å². The van der Waals surface area contributed by atoms with Crippen LogP contribution in [0.3, 0.4) is 0 Å². The fourth-order valence-corrected chi connectivity index (χ4v) is 4.00. The van der Waals surface area contributed by atoms with Crippen LogP contribution in [0.25, 0.3) is 0 Å². The molecule has 1 saturated heterocycles. The van der Waals surface area contributed by atoms with Gasteiger partial charge in [0.1, 0.15) is 5.82 Å². The van der Waals surface area contributed by atoms with E-state index in [1.807, 2.05) is 24.3 Å². The second kappa shape index (κ2) is 13.7. The third-order valence-electron chi connectivity index (χ3n) is 6.13. The maximum Gasteiger partial charge on any atom is 0.246 e. The van der Waals surface area contributed by atoms with Crippen LogP contribution in [0.15, 0.2) is 42.6 Å². The molecule has 2 amide bonds. The molecule has 36 heavy (non-hydrogen) atoms. The number of likely N-dealkylation sites (N-methyl/N-ethyl adjacent to an activating group) is 1. The predicted octanol–water partition coefficient (Wildman–Crippen LogP) is 3.36. The quantitative estimate of drug-likeness (QED) is 0.417. The molecule has 2 heterocycles. The number of nitrogens with one attached hydrogen (secondary N) is 2. The van der Waals surface area contributed by atoms with Crippen molar-refractivity contribution in [2.24, 2.45) is 5.92 Å². The van der Waals surface area contributed by atoms with Gasteiger partial charge in [0, 0.05) is 31.9 Å². The summed E-state index contributed by atoms with van der Waals surface area (Å²) in [5, 5.41) is 6.27. The first-order valence-electron chi connectivity index (χ1n) is 13.0. The fourth-order valence-electron chi connectivity index (χ4n) is 4.00. The molecule has 0 radical (unpaired) electrons. The predicted molar refractivity (Wildman–Crippen MR) is 144 cm³/mol. The Balaban J connectivity index is 1.45. The van der Waals surface area contributed by atoms with Crippen LogP contribution in [0.2, 0.25) is 0 Å². The summed E-state index contributed by atoms with van der Waals surface area (Å²) >= 11 is 0. The Morgan fingerprint density at radius 2 is 2.03 bits per heavy atom. The lowest BCUT2D eigenvalue weighted by atomic mass is 10.1. The van der Waals surface area contributed by atoms with Crippen molar-refractivity contribution in [2.75, 3.05) is 45.1 Å². The minimum Gasteiger partial charge on any atom is -0.354 e. The van der Waals surface area contributed by atoms with Crippen LogP contribution >= 0.6 is 0 Å². The molecule has 1 fully saturated rings. The zero-order valence-electron chi connectivity index (χ0n) is 22.1. The largest absolute Gasteiger partial charge is 0.354 e. The molecule has 8 nitrogen and oxygen atoms in total. The van der Waals surface area contributed by atoms with Gasteiger partial charge in [0.05, 0.1) is 24.1 Å². The number of rotatable bonds is 13. The highest BCUT2D eigenvalue weighted by atomic mass is 16.2. The van der Waals surface area contributed by atoms with Gasteiger partial charge in [-0.1, -0.05) is 39.0 Å². The van der Waals surface area contributed by atoms with Gasteiger partial charge in [-0.05, 0) is 62.4 Å². The number of likely N-dealkylation sites (tertiary alicyclic amines) is 1. The molecule has 2 N–H and O–H groups in total. The van der Waals surface area contributed by atoms with Crippen molar-refractivity contribution in [1.29, 1.82) is 0 Å². The van der Waals surface area contributed by atoms with Gasteiger partial charge in [-0.25, -0.2) is 4.98 Å². The van der Waals surface area contributed by atoms with Crippen LogP contribution in [0, 0.1) is 5.92 Å². The summed E-state index contributed by atoms with van der Waals surface area (Å²) in [6.07, 6.45) is 8.89. The topological polar surface area (TPSA) is 90.5 Å². The molecular weight excluding hydrogens is 452 g/mol. The van der Waals surface area contributed by atoms with Crippen LogP contribution in [0.1, 0.15) is 44.1 Å². The van der Waals surface area contributed by atoms with E-state index < -0.39 is 0 Å². The molecule has 1 aliphatic rings. The third-order valence-corrected chi connectivity index (χ3v) is 6.13. The molecule has 194 valence electrons. The number of benzene rings is 1. The lowest BCUT2D eigenvalue weighted by Crippen LogP contribution is -2.39. The zero-order valence-corrected chi connectivity index (χ0v) is 22.1. The van der Waals surface area contributed by atoms with Crippen LogP contribution in [-0.4, -0.2) is 71.4 Å². The summed E-state index contributed by atoms with van der Waals surface area (Å²) in [7, 11) is 1.65. The van der Waals surface area contributed by atoms with Crippen molar-refractivity contribution >= 4 is 23.3 Å². The van der Waals surface area contributed by atoms with Gasteiger partial charge in [0.15, 0.2) is 0 Å². The summed E-state index contributed by atoms with van der Waals surface area (Å²) in [4.78, 5) is 37.6. The molecule has 1 aliphatic heterocycles. The molecule has 2 aromatic rings. The number of hydrogen-bond acceptors (Lipinski definition) is 6. The Morgan fingerprint density at radius 1 is 1.22 bits per heavy atom. The van der Waals surface area contributed by atoms with Crippen LogP contribution in [-0.2, 0) is 28.9 Å². The van der Waals surface area contributed by atoms with Crippen LogP contribution in [0.4, 0.5) is 11.5 Å². The van der Waals surface area contributed by atoms with E-state index in [-0.39, 0.29) is 18.4 Å². The standard InChI is InChI=1S/C28H40N6O2/c1-5-24-25(17-21(2)3)32-26(19-30-24)31-23-10-6-9-22(18-23)12-13-29-27(35)20-33(4)28(36)11-7-14-34-15-8-16-34/h6-7,9-11,18-19,21H,5,8,12-17,20H2,1-4H3,(H,29,35)(H,31,32)/b11-7+. The first kappa shape index (κ1) is 27.3. The molecule has 1 aromatic carbocycles. The molecule has 0 bridgehead atoms. The fraction of sp³-hybridized carbons (Fsp3) is 0.500. The number of nitrogens with zero attached hydrogens (tertiary/aromatic N) is 4. The van der Waals surface area contributed by atoms with E-state index in [1.54, 1.807) is 19.3 Å². The minimum atomic E-state index is -0.166. The first-order valence-corrected chi connectivity index (χ1v) is 13.0. The number of aromatic nitrogens is 2. The van der Waals surface area contributed by atoms with Crippen molar-refractivity contribution in [2.45, 2.75) is 46.5 Å². The van der Waals surface area contributed by atoms with Crippen molar-refractivity contribution < 1.29 is 9.59 Å². The molecule has 0 unspecified atom stereocenters. The maximum atomic E-state index is 12.3. The maximum absolute atomic E-state index is 12.3. The molecule has 0 aliphatic carbocycles. The first-order chi connectivity index (χ1) is 17.3. The van der Waals surface area contributed by atoms with E-state index in [2.05, 4.69) is 47.4 Å². The Bertz CT molecular complexity index is 1050. The normalized spacial score (nSPS) is 13.6. The van der Waals surface area contributed by atoms with Crippen LogP contribution in [0.5, 0.6) is 0 Å². The Labute approximate surface area is 215 Å². The zero-order chi connectivity index (χ0) is 25.9. The second-order valence-electron chi connectivity index (χ2n) is 9.78. The van der Waals surface area contributed by atoms with Crippen LogP contribution < -0.4 is 10.6 Å². The van der Waals surface area contributed by atoms with Gasteiger partial charge in [0.2, 0.25) is 11.8 Å². The molecule has 8 heteroatoms. The molecule has 0 spiro atoms. The van der Waals surface area contributed by atoms with E-state index in [0.29, 0.717) is 18.9 Å². The molecular formula is C28H40N6O2. The average molecular weight is 493 g/mol. The molecule has 0 atom stereocenters. The second-order valence-corrected chi connectivity index (χ2v) is 9.78. The van der Waals surface area contributed by atoms with Gasteiger partial charge in [-0.15, -0.1) is 0 Å². The van der Waals surface area contributed by atoms with Gasteiger partial charge >= 0.3 is 0 Å². The van der Waals surface area contributed by atoms with E-state index in [1.165, 1.54) is 11.3 Å². The molecule has 1 aromatic heterocycles. The summed E-state index contributed by atoms with van der Waals surface area (Å²) in [6, 6.07) is 8.07. The summed E-state index contributed by atoms with van der Waals surface area (Å²) in [5.74, 6) is 0.930. The number of amides is 2. The van der Waals surface area contributed by atoms with Crippen molar-refractivity contribution in [3.8, 4) is 0 Å². The lowest BCUT2D eigenvalue weighted by molar-refractivity contribution is -0.131. The average Bonchev–Trinajstić information content (AvgIpc) is 2.80. The Kier molecular flexibility index (Phi) is 10.4. The SMILES string of the molecule is CCc1ncc(Nc2cccc(CCNC(=O)CN(C)C(=O)/C=C/CN3CCC3)c2)nc1CC(C)C. The monoisotopic (exact) mass is 492 g/mol. The smallest absolute Gasteiger partial charge is 0.246 e. The van der Waals surface area contributed by atoms with Gasteiger partial charge < -0.3 is 15.5 Å². The Hall–Kier alpha value is -3.26. The third kappa shape index (κ3) is 8.75. The van der Waals surface area contributed by atoms with E-state index in [0.717, 1.165) is 60.9 Å². The van der Waals surface area contributed by atoms with Gasteiger partial charge in [-0.3, -0.25) is 19.5 Å². The summed E-state index contributed by atoms with van der Waals surface area (Å²) in [6.45, 7) is 9.99. The number of carbonyl (C=O) groups is 2. The highest BCUT2D eigenvalue weighted by Crippen LogP contribution is 2.19. The number of anilines is 2. The van der Waals surface area contributed by atoms with E-state index >= 15 is 0 Å². The summed E-state index contributed by atoms with van der Waals surface area (Å²) < 4.78 is 0. The van der Waals surface area contributed by atoms with Gasteiger partial charge in [0.25, 0.3) is 0 Å². The minimum absolute atomic E-state index is 0.0413. The highest BCUT2D eigenvalue weighted by molar-refractivity contribution is 5.91. The van der Waals surface area contributed by atoms with Crippen molar-refractivity contribution in [3.05, 3.63) is 59.6 Å².